The molecule has 0 bridgehead atoms. The molecule has 0 N–H and O–H groups in total. The van der Waals surface area contributed by atoms with Crippen molar-refractivity contribution in [3.63, 3.8) is 0 Å². The van der Waals surface area contributed by atoms with Crippen molar-refractivity contribution in [1.82, 2.24) is 4.98 Å². The van der Waals surface area contributed by atoms with Crippen LogP contribution < -0.4 is 4.74 Å². The van der Waals surface area contributed by atoms with Crippen molar-refractivity contribution in [2.45, 2.75) is 66.0 Å². The van der Waals surface area contributed by atoms with Crippen molar-refractivity contribution in [1.29, 1.82) is 0 Å². The molecule has 3 rings (SSSR count). The molecule has 1 aromatic carbocycles. The predicted octanol–water partition coefficient (Wildman–Crippen LogP) is 8.31. The van der Waals surface area contributed by atoms with Crippen LogP contribution in [0.3, 0.4) is 0 Å². The van der Waals surface area contributed by atoms with Gasteiger partial charge in [-0.05, 0) is 67.9 Å². The topological polar surface area (TPSA) is 22.1 Å². The molecule has 1 unspecified atom stereocenters. The summed E-state index contributed by atoms with van der Waals surface area (Å²) in [5.74, 6) is 1.06. The van der Waals surface area contributed by atoms with E-state index < -0.39 is 12.1 Å². The quantitative estimate of drug-likeness (QED) is 0.450. The molecule has 1 aromatic heterocycles. The van der Waals surface area contributed by atoms with Crippen LogP contribution in [-0.4, -0.2) is 18.3 Å². The molecule has 1 heterocycles. The Balaban J connectivity index is 0.000000240. The van der Waals surface area contributed by atoms with Crippen LogP contribution in [0.5, 0.6) is 5.75 Å². The fourth-order valence-electron chi connectivity index (χ4n) is 3.09. The lowest BCUT2D eigenvalue weighted by Crippen LogP contribution is -2.35. The lowest BCUT2D eigenvalue weighted by Gasteiger charge is -2.35. The second kappa shape index (κ2) is 13.6. The molecule has 2 aromatic rings. The van der Waals surface area contributed by atoms with E-state index in [-0.39, 0.29) is 0 Å². The van der Waals surface area contributed by atoms with Gasteiger partial charge in [0.1, 0.15) is 5.75 Å². The molecule has 0 aliphatic heterocycles. The number of alkyl halides is 3. The third-order valence-corrected chi connectivity index (χ3v) is 5.81. The molecule has 0 amide bonds. The van der Waals surface area contributed by atoms with E-state index in [1.165, 1.54) is 18.4 Å². The van der Waals surface area contributed by atoms with Gasteiger partial charge in [0, 0.05) is 11.9 Å². The Hall–Kier alpha value is -1.75. The minimum Gasteiger partial charge on any atom is -0.497 e. The van der Waals surface area contributed by atoms with Crippen molar-refractivity contribution in [3.05, 3.63) is 58.9 Å². The minimum atomic E-state index is -3.92. The molecule has 1 fully saturated rings. The van der Waals surface area contributed by atoms with Crippen LogP contribution in [0.2, 0.25) is 5.02 Å². The number of aromatic nitrogens is 1. The van der Waals surface area contributed by atoms with Gasteiger partial charge in [0.05, 0.1) is 18.1 Å². The number of pyridine rings is 1. The highest BCUT2D eigenvalue weighted by Gasteiger charge is 2.46. The maximum atomic E-state index is 11.8. The molecule has 6 heteroatoms. The molecule has 2 nitrogen and oxygen atoms in total. The van der Waals surface area contributed by atoms with E-state index in [9.17, 15) is 13.2 Å². The van der Waals surface area contributed by atoms with E-state index in [1.54, 1.807) is 13.3 Å². The number of halogens is 4. The summed E-state index contributed by atoms with van der Waals surface area (Å²) >= 11 is 5.55. The van der Waals surface area contributed by atoms with Crippen molar-refractivity contribution < 1.29 is 17.9 Å². The smallest absolute Gasteiger partial charge is 0.391 e. The van der Waals surface area contributed by atoms with Crippen LogP contribution in [0, 0.1) is 24.7 Å². The van der Waals surface area contributed by atoms with Crippen LogP contribution in [0.25, 0.3) is 0 Å². The third-order valence-electron chi connectivity index (χ3n) is 5.59. The third kappa shape index (κ3) is 10.9. The first-order valence-electron chi connectivity index (χ1n) is 10.9. The average molecular weight is 458 g/mol. The summed E-state index contributed by atoms with van der Waals surface area (Å²) in [6, 6.07) is 12.0. The van der Waals surface area contributed by atoms with Gasteiger partial charge < -0.3 is 4.74 Å². The summed E-state index contributed by atoms with van der Waals surface area (Å²) in [4.78, 5) is 3.95. The molecule has 31 heavy (non-hydrogen) atoms. The van der Waals surface area contributed by atoms with Crippen LogP contribution in [-0.2, 0) is 6.42 Å². The summed E-state index contributed by atoms with van der Waals surface area (Å²) in [5.41, 5.74) is 2.39. The first-order valence-corrected chi connectivity index (χ1v) is 11.2. The maximum Gasteiger partial charge on any atom is 0.391 e. The van der Waals surface area contributed by atoms with Gasteiger partial charge in [-0.25, -0.2) is 0 Å². The highest BCUT2D eigenvalue weighted by Crippen LogP contribution is 2.45. The number of hydrogen-bond acceptors (Lipinski definition) is 2. The maximum absolute atomic E-state index is 11.8. The van der Waals surface area contributed by atoms with Gasteiger partial charge in [-0.3, -0.25) is 4.98 Å². The molecule has 0 saturated heterocycles. The fraction of sp³-hybridized carbons (Fsp3) is 0.560. The van der Waals surface area contributed by atoms with Gasteiger partial charge in [-0.2, -0.15) is 13.2 Å². The molecule has 0 spiro atoms. The van der Waals surface area contributed by atoms with Crippen molar-refractivity contribution in [2.24, 2.45) is 17.8 Å². The Morgan fingerprint density at radius 3 is 2.10 bits per heavy atom. The summed E-state index contributed by atoms with van der Waals surface area (Å²) in [6.45, 7) is 8.38. The van der Waals surface area contributed by atoms with Crippen LogP contribution in [0.1, 0.15) is 57.7 Å². The molecular formula is C25H35ClF3NO. The lowest BCUT2D eigenvalue weighted by atomic mass is 9.73. The Bertz CT molecular complexity index is 705. The molecule has 0 radical (unpaired) electrons. The Morgan fingerprint density at radius 2 is 1.71 bits per heavy atom. The number of benzene rings is 1. The second-order valence-electron chi connectivity index (χ2n) is 8.17. The van der Waals surface area contributed by atoms with E-state index in [1.807, 2.05) is 38.1 Å². The van der Waals surface area contributed by atoms with Gasteiger partial charge >= 0.3 is 6.18 Å². The Labute approximate surface area is 190 Å². The minimum absolute atomic E-state index is 0.339. The number of nitrogens with zero attached hydrogens (tertiary/aromatic N) is 1. The Kier molecular flexibility index (Phi) is 12.0. The van der Waals surface area contributed by atoms with Gasteiger partial charge in [-0.15, -0.1) is 0 Å². The number of rotatable bonds is 5. The van der Waals surface area contributed by atoms with Gasteiger partial charge in [0.25, 0.3) is 0 Å². The van der Waals surface area contributed by atoms with Crippen molar-refractivity contribution >= 4 is 11.6 Å². The van der Waals surface area contributed by atoms with E-state index in [0.717, 1.165) is 23.8 Å². The average Bonchev–Trinajstić information content (AvgIpc) is 2.70. The summed E-state index contributed by atoms with van der Waals surface area (Å²) < 4.78 is 40.5. The number of methoxy groups -OCH3 is 1. The lowest BCUT2D eigenvalue weighted by molar-refractivity contribution is -0.204. The summed E-state index contributed by atoms with van der Waals surface area (Å²) in [6.07, 6.45) is 1.74. The molecule has 1 aliphatic rings. The SMILES string of the molecule is CCC(C)Cc1ccc(OC)cc1.CCC1CC(C(F)(F)F)C1.Cc1ccc(Cl)cn1. The highest BCUT2D eigenvalue weighted by molar-refractivity contribution is 6.30. The second-order valence-corrected chi connectivity index (χ2v) is 8.60. The molecule has 1 aliphatic carbocycles. The zero-order valence-corrected chi connectivity index (χ0v) is 19.9. The van der Waals surface area contributed by atoms with E-state index in [4.69, 9.17) is 16.3 Å². The van der Waals surface area contributed by atoms with E-state index in [2.05, 4.69) is 31.0 Å². The summed E-state index contributed by atoms with van der Waals surface area (Å²) in [5, 5.41) is 0.690. The van der Waals surface area contributed by atoms with Gasteiger partial charge in [0.15, 0.2) is 0 Å². The molecular weight excluding hydrogens is 423 g/mol. The van der Waals surface area contributed by atoms with Crippen LogP contribution in [0.15, 0.2) is 42.6 Å². The number of hydrogen-bond donors (Lipinski definition) is 0. The fourth-order valence-corrected chi connectivity index (χ4v) is 3.21. The number of aryl methyl sites for hydroxylation is 1. The molecule has 174 valence electrons. The van der Waals surface area contributed by atoms with E-state index >= 15 is 0 Å². The van der Waals surface area contributed by atoms with Crippen molar-refractivity contribution in [2.75, 3.05) is 7.11 Å². The standard InChI is InChI=1S/C12H18O.C7H11F3.C6H6ClN/c1-4-10(2)9-11-5-7-12(13-3)8-6-11;1-2-5-3-6(4-5)7(8,9)10;1-5-2-3-6(7)4-8-5/h5-8,10H,4,9H2,1-3H3;5-6H,2-4H2,1H3;2-4H,1H3. The zero-order valence-electron chi connectivity index (χ0n) is 19.2. The van der Waals surface area contributed by atoms with E-state index in [0.29, 0.717) is 23.8 Å². The van der Waals surface area contributed by atoms with Crippen molar-refractivity contribution in [3.8, 4) is 5.75 Å². The normalized spacial score (nSPS) is 18.5. The predicted molar refractivity (Wildman–Crippen MR) is 123 cm³/mol. The van der Waals surface area contributed by atoms with Gasteiger partial charge in [-0.1, -0.05) is 57.3 Å². The largest absolute Gasteiger partial charge is 0.497 e. The molecule has 1 atom stereocenters. The van der Waals surface area contributed by atoms with Crippen LogP contribution >= 0.6 is 11.6 Å². The number of ether oxygens (including phenoxy) is 1. The Morgan fingerprint density at radius 1 is 1.10 bits per heavy atom. The first-order chi connectivity index (χ1) is 14.6. The monoisotopic (exact) mass is 457 g/mol. The summed E-state index contributed by atoms with van der Waals surface area (Å²) in [7, 11) is 1.70. The molecule has 1 saturated carbocycles. The first kappa shape index (κ1) is 27.3. The van der Waals surface area contributed by atoms with Crippen LogP contribution in [0.4, 0.5) is 13.2 Å². The highest BCUT2D eigenvalue weighted by atomic mass is 35.5. The zero-order chi connectivity index (χ0) is 23.4. The van der Waals surface area contributed by atoms with Gasteiger partial charge in [0.2, 0.25) is 0 Å².